The van der Waals surface area contributed by atoms with E-state index in [0.29, 0.717) is 6.79 Å². The number of hydrogen-bond donors (Lipinski definition) is 2. The highest BCUT2D eigenvalue weighted by Crippen LogP contribution is 2.32. The average molecular weight is 291 g/mol. The van der Waals surface area contributed by atoms with Gasteiger partial charge in [0.05, 0.1) is 0 Å². The first-order valence-electron chi connectivity index (χ1n) is 7.43. The topological polar surface area (TPSA) is 54.9 Å². The Morgan fingerprint density at radius 3 is 2.71 bits per heavy atom. The van der Waals surface area contributed by atoms with Crippen molar-refractivity contribution in [2.75, 3.05) is 19.9 Å². The largest absolute Gasteiger partial charge is 0.454 e. The molecule has 0 saturated carbocycles. The van der Waals surface area contributed by atoms with E-state index in [2.05, 4.69) is 49.4 Å². The minimum Gasteiger partial charge on any atom is -0.454 e. The lowest BCUT2D eigenvalue weighted by atomic mass is 10.1. The zero-order valence-corrected chi connectivity index (χ0v) is 13.3. The van der Waals surface area contributed by atoms with Gasteiger partial charge in [-0.2, -0.15) is 0 Å². The first kappa shape index (κ1) is 15.5. The molecule has 0 amide bonds. The van der Waals surface area contributed by atoms with Gasteiger partial charge in [0, 0.05) is 18.6 Å². The van der Waals surface area contributed by atoms with E-state index in [1.807, 2.05) is 12.1 Å². The van der Waals surface area contributed by atoms with Gasteiger partial charge < -0.3 is 20.1 Å². The van der Waals surface area contributed by atoms with Crippen LogP contribution in [0.4, 0.5) is 0 Å². The second-order valence-corrected chi connectivity index (χ2v) is 6.07. The second-order valence-electron chi connectivity index (χ2n) is 6.07. The summed E-state index contributed by atoms with van der Waals surface area (Å²) < 4.78 is 10.7. The van der Waals surface area contributed by atoms with Crippen molar-refractivity contribution in [3.8, 4) is 11.5 Å². The molecule has 2 N–H and O–H groups in total. The third-order valence-corrected chi connectivity index (χ3v) is 2.94. The molecular formula is C16H25N3O2. The zero-order chi connectivity index (χ0) is 15.3. The third kappa shape index (κ3) is 4.85. The maximum absolute atomic E-state index is 5.39. The molecule has 0 spiro atoms. The van der Waals surface area contributed by atoms with Crippen LogP contribution < -0.4 is 20.1 Å². The summed E-state index contributed by atoms with van der Waals surface area (Å²) in [6.07, 6.45) is 0.872. The number of aliphatic imine (C=N–C) groups is 1. The van der Waals surface area contributed by atoms with Crippen molar-refractivity contribution in [2.45, 2.75) is 39.7 Å². The lowest BCUT2D eigenvalue weighted by molar-refractivity contribution is 0.174. The van der Waals surface area contributed by atoms with E-state index in [9.17, 15) is 0 Å². The second kappa shape index (κ2) is 6.70. The molecule has 5 heteroatoms. The van der Waals surface area contributed by atoms with Crippen molar-refractivity contribution in [2.24, 2.45) is 4.99 Å². The van der Waals surface area contributed by atoms with Gasteiger partial charge in [-0.25, -0.2) is 0 Å². The number of guanidine groups is 1. The van der Waals surface area contributed by atoms with Gasteiger partial charge in [-0.15, -0.1) is 0 Å². The Hall–Kier alpha value is -1.91. The molecule has 1 aliphatic heterocycles. The van der Waals surface area contributed by atoms with Gasteiger partial charge in [0.1, 0.15) is 0 Å². The van der Waals surface area contributed by atoms with Gasteiger partial charge in [0.25, 0.3) is 0 Å². The fourth-order valence-electron chi connectivity index (χ4n) is 2.06. The minimum absolute atomic E-state index is 0.000246. The highest BCUT2D eigenvalue weighted by Gasteiger charge is 2.13. The highest BCUT2D eigenvalue weighted by atomic mass is 16.7. The smallest absolute Gasteiger partial charge is 0.231 e. The van der Waals surface area contributed by atoms with Crippen LogP contribution in [-0.2, 0) is 6.42 Å². The number of rotatable bonds is 4. The lowest BCUT2D eigenvalue weighted by Crippen LogP contribution is -2.47. The summed E-state index contributed by atoms with van der Waals surface area (Å²) in [4.78, 5) is 4.61. The van der Waals surface area contributed by atoms with E-state index in [1.54, 1.807) is 0 Å². The van der Waals surface area contributed by atoms with Crippen molar-refractivity contribution in [3.05, 3.63) is 23.8 Å². The summed E-state index contributed by atoms with van der Waals surface area (Å²) in [5.41, 5.74) is 1.20. The van der Waals surface area contributed by atoms with Crippen LogP contribution >= 0.6 is 0 Å². The van der Waals surface area contributed by atoms with Crippen molar-refractivity contribution < 1.29 is 9.47 Å². The van der Waals surface area contributed by atoms with Gasteiger partial charge in [0.15, 0.2) is 17.5 Å². The molecule has 2 rings (SSSR count). The minimum atomic E-state index is -0.000246. The lowest BCUT2D eigenvalue weighted by Gasteiger charge is -2.23. The summed E-state index contributed by atoms with van der Waals surface area (Å²) in [5.74, 6) is 2.51. The van der Waals surface area contributed by atoms with Crippen LogP contribution in [0.1, 0.15) is 33.3 Å². The van der Waals surface area contributed by atoms with E-state index < -0.39 is 0 Å². The molecule has 1 aromatic rings. The number of nitrogens with zero attached hydrogens (tertiary/aromatic N) is 1. The fourth-order valence-corrected chi connectivity index (χ4v) is 2.06. The van der Waals surface area contributed by atoms with Crippen LogP contribution in [0.25, 0.3) is 0 Å². The van der Waals surface area contributed by atoms with Gasteiger partial charge in [-0.05, 0) is 51.8 Å². The molecule has 0 atom stereocenters. The normalized spacial score (nSPS) is 14.2. The van der Waals surface area contributed by atoms with Gasteiger partial charge in [-0.3, -0.25) is 4.99 Å². The van der Waals surface area contributed by atoms with Crippen LogP contribution in [0.5, 0.6) is 11.5 Å². The summed E-state index contributed by atoms with van der Waals surface area (Å²) in [6, 6.07) is 6.05. The van der Waals surface area contributed by atoms with Gasteiger partial charge in [0.2, 0.25) is 6.79 Å². The molecule has 0 fully saturated rings. The van der Waals surface area contributed by atoms with Crippen LogP contribution in [0.15, 0.2) is 23.2 Å². The molecule has 1 aromatic carbocycles. The molecule has 0 radical (unpaired) electrons. The molecule has 1 aliphatic rings. The first-order valence-corrected chi connectivity index (χ1v) is 7.43. The van der Waals surface area contributed by atoms with Crippen molar-refractivity contribution >= 4 is 5.96 Å². The van der Waals surface area contributed by atoms with Crippen molar-refractivity contribution in [1.29, 1.82) is 0 Å². The fraction of sp³-hybridized carbons (Fsp3) is 0.562. The highest BCUT2D eigenvalue weighted by molar-refractivity contribution is 5.80. The van der Waals surface area contributed by atoms with E-state index in [4.69, 9.17) is 9.47 Å². The average Bonchev–Trinajstić information content (AvgIpc) is 2.84. The predicted octanol–water partition coefficient (Wildman–Crippen LogP) is 2.31. The molecule has 5 nitrogen and oxygen atoms in total. The molecule has 0 bridgehead atoms. The molecule has 0 saturated heterocycles. The summed E-state index contributed by atoms with van der Waals surface area (Å²) >= 11 is 0. The van der Waals surface area contributed by atoms with Crippen LogP contribution in [0.2, 0.25) is 0 Å². The van der Waals surface area contributed by atoms with Crippen molar-refractivity contribution in [1.82, 2.24) is 10.6 Å². The summed E-state index contributed by atoms with van der Waals surface area (Å²) in [5, 5.41) is 6.64. The maximum Gasteiger partial charge on any atom is 0.231 e. The van der Waals surface area contributed by atoms with Crippen LogP contribution in [0, 0.1) is 0 Å². The Morgan fingerprint density at radius 2 is 2.00 bits per heavy atom. The molecule has 0 unspecified atom stereocenters. The Labute approximate surface area is 126 Å². The van der Waals surface area contributed by atoms with Crippen molar-refractivity contribution in [3.63, 3.8) is 0 Å². The quantitative estimate of drug-likeness (QED) is 0.660. The van der Waals surface area contributed by atoms with E-state index in [1.165, 1.54) is 5.56 Å². The molecule has 0 aromatic heterocycles. The summed E-state index contributed by atoms with van der Waals surface area (Å²) in [6.45, 7) is 10.3. The molecule has 1 heterocycles. The monoisotopic (exact) mass is 291 g/mol. The maximum atomic E-state index is 5.39. The number of ether oxygens (including phenoxy) is 2. The number of hydrogen-bond acceptors (Lipinski definition) is 3. The Balaban J connectivity index is 1.92. The van der Waals surface area contributed by atoms with E-state index in [0.717, 1.165) is 37.0 Å². The third-order valence-electron chi connectivity index (χ3n) is 2.94. The number of benzene rings is 1. The Kier molecular flexibility index (Phi) is 4.94. The van der Waals surface area contributed by atoms with Crippen LogP contribution in [0.3, 0.4) is 0 Å². The van der Waals surface area contributed by atoms with Gasteiger partial charge in [-0.1, -0.05) is 6.07 Å². The molecule has 21 heavy (non-hydrogen) atoms. The summed E-state index contributed by atoms with van der Waals surface area (Å²) in [7, 11) is 0. The Bertz CT molecular complexity index is 507. The zero-order valence-electron chi connectivity index (χ0n) is 13.3. The predicted molar refractivity (Wildman–Crippen MR) is 85.1 cm³/mol. The number of nitrogens with one attached hydrogen (secondary N) is 2. The standard InChI is InChI=1S/C16H25N3O2/c1-5-17-15(19-16(2,3)4)18-9-8-12-6-7-13-14(10-12)21-11-20-13/h6-7,10H,5,8-9,11H2,1-4H3,(H2,17,18,19). The van der Waals surface area contributed by atoms with Crippen LogP contribution in [-0.4, -0.2) is 31.4 Å². The first-order chi connectivity index (χ1) is 9.98. The SMILES string of the molecule is CCNC(=NCCc1ccc2c(c1)OCO2)NC(C)(C)C. The van der Waals surface area contributed by atoms with Gasteiger partial charge >= 0.3 is 0 Å². The molecule has 116 valence electrons. The Morgan fingerprint density at radius 1 is 1.24 bits per heavy atom. The molecule has 0 aliphatic carbocycles. The molecular weight excluding hydrogens is 266 g/mol. The van der Waals surface area contributed by atoms with E-state index in [-0.39, 0.29) is 5.54 Å². The number of fused-ring (bicyclic) bond motifs is 1. The van der Waals surface area contributed by atoms with E-state index >= 15 is 0 Å².